The average molecular weight is 333 g/mol. The van der Waals surface area contributed by atoms with Crippen molar-refractivity contribution < 1.29 is 9.59 Å². The highest BCUT2D eigenvalue weighted by Crippen LogP contribution is 2.47. The lowest BCUT2D eigenvalue weighted by Gasteiger charge is -2.19. The molecule has 0 aromatic heterocycles. The van der Waals surface area contributed by atoms with Crippen LogP contribution in [0, 0.1) is 5.92 Å². The summed E-state index contributed by atoms with van der Waals surface area (Å²) in [6.07, 6.45) is 4.75. The molecule has 1 aromatic carbocycles. The van der Waals surface area contributed by atoms with Gasteiger partial charge in [0.1, 0.15) is 0 Å². The number of hydrogen-bond donors (Lipinski definition) is 1. The minimum Gasteiger partial charge on any atom is -0.355 e. The predicted octanol–water partition coefficient (Wildman–Crippen LogP) is 2.50. The lowest BCUT2D eigenvalue weighted by Crippen LogP contribution is -2.37. The fraction of sp³-hybridized carbons (Fsp3) is 0.556. The fourth-order valence-electron chi connectivity index (χ4n) is 3.57. The number of hydrogen-bond acceptors (Lipinski definition) is 2. The average Bonchev–Trinajstić information content (AvgIpc) is 3.46. The van der Waals surface area contributed by atoms with Crippen LogP contribution in [0.5, 0.6) is 0 Å². The summed E-state index contributed by atoms with van der Waals surface area (Å²) >= 11 is 5.95. The lowest BCUT2D eigenvalue weighted by atomic mass is 9.95. The minimum absolute atomic E-state index is 0.0294. The molecule has 0 bridgehead atoms. The van der Waals surface area contributed by atoms with E-state index in [0.717, 1.165) is 30.7 Å². The zero-order valence-corrected chi connectivity index (χ0v) is 13.8. The van der Waals surface area contributed by atoms with Crippen LogP contribution in [0.15, 0.2) is 24.3 Å². The Balaban J connectivity index is 1.35. The van der Waals surface area contributed by atoms with Crippen molar-refractivity contribution in [1.82, 2.24) is 10.2 Å². The van der Waals surface area contributed by atoms with E-state index in [4.69, 9.17) is 11.6 Å². The summed E-state index contributed by atoms with van der Waals surface area (Å²) in [5.41, 5.74) is 1.31. The molecule has 2 aliphatic carbocycles. The molecule has 0 radical (unpaired) electrons. The predicted molar refractivity (Wildman–Crippen MR) is 88.2 cm³/mol. The zero-order valence-electron chi connectivity index (χ0n) is 13.1. The van der Waals surface area contributed by atoms with E-state index in [-0.39, 0.29) is 23.1 Å². The summed E-state index contributed by atoms with van der Waals surface area (Å²) in [5, 5.41) is 3.82. The molecule has 23 heavy (non-hydrogen) atoms. The SMILES string of the molecule is O=C(NCC1(c2ccc(Cl)cc2)CC1)[C@@H]1CC(=O)N(C2CC2)C1. The highest BCUT2D eigenvalue weighted by Gasteiger charge is 2.46. The van der Waals surface area contributed by atoms with Crippen molar-refractivity contribution in [2.24, 2.45) is 5.92 Å². The molecule has 1 N–H and O–H groups in total. The Kier molecular flexibility index (Phi) is 3.60. The molecule has 1 atom stereocenters. The molecule has 2 amide bonds. The van der Waals surface area contributed by atoms with Crippen LogP contribution < -0.4 is 5.32 Å². The Labute approximate surface area is 141 Å². The van der Waals surface area contributed by atoms with Crippen molar-refractivity contribution >= 4 is 23.4 Å². The molecule has 3 aliphatic rings. The van der Waals surface area contributed by atoms with Crippen LogP contribution in [-0.4, -0.2) is 35.8 Å². The number of rotatable bonds is 5. The van der Waals surface area contributed by atoms with E-state index in [0.29, 0.717) is 25.6 Å². The normalized spacial score (nSPS) is 25.5. The van der Waals surface area contributed by atoms with Gasteiger partial charge in [-0.25, -0.2) is 0 Å². The molecule has 1 heterocycles. The number of benzene rings is 1. The van der Waals surface area contributed by atoms with Gasteiger partial charge in [0.2, 0.25) is 11.8 Å². The van der Waals surface area contributed by atoms with Crippen molar-refractivity contribution in [1.29, 1.82) is 0 Å². The van der Waals surface area contributed by atoms with Gasteiger partial charge in [0.25, 0.3) is 0 Å². The lowest BCUT2D eigenvalue weighted by molar-refractivity contribution is -0.129. The second-order valence-corrected chi connectivity index (χ2v) is 7.62. The van der Waals surface area contributed by atoms with E-state index >= 15 is 0 Å². The largest absolute Gasteiger partial charge is 0.355 e. The van der Waals surface area contributed by atoms with Crippen LogP contribution in [0.2, 0.25) is 5.02 Å². The van der Waals surface area contributed by atoms with Gasteiger partial charge in [0, 0.05) is 36.0 Å². The Bertz CT molecular complexity index is 635. The molecule has 122 valence electrons. The van der Waals surface area contributed by atoms with Gasteiger partial charge in [0.05, 0.1) is 5.92 Å². The Morgan fingerprint density at radius 1 is 1.26 bits per heavy atom. The molecule has 1 aliphatic heterocycles. The first-order valence-electron chi connectivity index (χ1n) is 8.41. The summed E-state index contributed by atoms with van der Waals surface area (Å²) in [6.45, 7) is 1.25. The first-order chi connectivity index (χ1) is 11.1. The highest BCUT2D eigenvalue weighted by atomic mass is 35.5. The third-order valence-corrected chi connectivity index (χ3v) is 5.68. The fourth-order valence-corrected chi connectivity index (χ4v) is 3.69. The number of nitrogens with zero attached hydrogens (tertiary/aromatic N) is 1. The van der Waals surface area contributed by atoms with Gasteiger partial charge in [0.15, 0.2) is 0 Å². The van der Waals surface area contributed by atoms with E-state index < -0.39 is 0 Å². The van der Waals surface area contributed by atoms with E-state index in [1.54, 1.807) is 0 Å². The maximum absolute atomic E-state index is 12.4. The highest BCUT2D eigenvalue weighted by molar-refractivity contribution is 6.30. The molecule has 1 saturated heterocycles. The smallest absolute Gasteiger partial charge is 0.225 e. The summed E-state index contributed by atoms with van der Waals surface area (Å²) in [4.78, 5) is 26.3. The summed E-state index contributed by atoms with van der Waals surface area (Å²) in [5.74, 6) is -0.00246. The van der Waals surface area contributed by atoms with Gasteiger partial charge in [-0.3, -0.25) is 9.59 Å². The molecule has 2 saturated carbocycles. The molecular weight excluding hydrogens is 312 g/mol. The van der Waals surface area contributed by atoms with Gasteiger partial charge >= 0.3 is 0 Å². The molecule has 0 spiro atoms. The van der Waals surface area contributed by atoms with Crippen molar-refractivity contribution in [3.8, 4) is 0 Å². The molecule has 4 nitrogen and oxygen atoms in total. The van der Waals surface area contributed by atoms with Gasteiger partial charge in [-0.05, 0) is 43.4 Å². The molecule has 0 unspecified atom stereocenters. The number of carbonyl (C=O) groups excluding carboxylic acids is 2. The number of halogens is 1. The van der Waals surface area contributed by atoms with Crippen LogP contribution in [0.1, 0.15) is 37.7 Å². The Morgan fingerprint density at radius 2 is 1.96 bits per heavy atom. The molecule has 3 fully saturated rings. The number of amides is 2. The van der Waals surface area contributed by atoms with Gasteiger partial charge in [-0.1, -0.05) is 23.7 Å². The maximum atomic E-state index is 12.4. The summed E-state index contributed by atoms with van der Waals surface area (Å²) < 4.78 is 0. The minimum atomic E-state index is -0.177. The standard InChI is InChI=1S/C18H21ClN2O2/c19-14-3-1-13(2-4-14)18(7-8-18)11-20-17(23)12-9-16(22)21(10-12)15-5-6-15/h1-4,12,15H,5-11H2,(H,20,23)/t12-/m1/s1. The summed E-state index contributed by atoms with van der Waals surface area (Å²) in [7, 11) is 0. The van der Waals surface area contributed by atoms with Gasteiger partial charge < -0.3 is 10.2 Å². The number of likely N-dealkylation sites (tertiary alicyclic amines) is 1. The molecular formula is C18H21ClN2O2. The zero-order chi connectivity index (χ0) is 16.0. The van der Waals surface area contributed by atoms with Crippen LogP contribution in [0.3, 0.4) is 0 Å². The van der Waals surface area contributed by atoms with Crippen LogP contribution in [0.4, 0.5) is 0 Å². The Hall–Kier alpha value is -1.55. The number of nitrogens with one attached hydrogen (secondary N) is 1. The van der Waals surface area contributed by atoms with Crippen LogP contribution in [0.25, 0.3) is 0 Å². The van der Waals surface area contributed by atoms with Crippen LogP contribution >= 0.6 is 11.6 Å². The first kappa shape index (κ1) is 15.0. The van der Waals surface area contributed by atoms with Crippen molar-refractivity contribution in [3.05, 3.63) is 34.9 Å². The van der Waals surface area contributed by atoms with Crippen molar-refractivity contribution in [3.63, 3.8) is 0 Å². The maximum Gasteiger partial charge on any atom is 0.225 e. The third-order valence-electron chi connectivity index (χ3n) is 5.43. The van der Waals surface area contributed by atoms with Gasteiger partial charge in [-0.2, -0.15) is 0 Å². The Morgan fingerprint density at radius 3 is 2.57 bits per heavy atom. The third kappa shape index (κ3) is 2.97. The molecule has 4 rings (SSSR count). The topological polar surface area (TPSA) is 49.4 Å². The number of carbonyl (C=O) groups is 2. The van der Waals surface area contributed by atoms with E-state index in [1.807, 2.05) is 17.0 Å². The van der Waals surface area contributed by atoms with Crippen LogP contribution in [-0.2, 0) is 15.0 Å². The van der Waals surface area contributed by atoms with Crippen molar-refractivity contribution in [2.45, 2.75) is 43.6 Å². The molecule has 1 aromatic rings. The first-order valence-corrected chi connectivity index (χ1v) is 8.78. The molecule has 5 heteroatoms. The monoisotopic (exact) mass is 332 g/mol. The van der Waals surface area contributed by atoms with E-state index in [9.17, 15) is 9.59 Å². The quantitative estimate of drug-likeness (QED) is 0.900. The van der Waals surface area contributed by atoms with E-state index in [1.165, 1.54) is 5.56 Å². The summed E-state index contributed by atoms with van der Waals surface area (Å²) in [6, 6.07) is 8.32. The van der Waals surface area contributed by atoms with Gasteiger partial charge in [-0.15, -0.1) is 0 Å². The second-order valence-electron chi connectivity index (χ2n) is 7.18. The van der Waals surface area contributed by atoms with E-state index in [2.05, 4.69) is 17.4 Å². The second kappa shape index (κ2) is 5.52. The van der Waals surface area contributed by atoms with Crippen molar-refractivity contribution in [2.75, 3.05) is 13.1 Å².